The normalized spacial score (nSPS) is 10.7. The third-order valence-corrected chi connectivity index (χ3v) is 3.92. The minimum Gasteiger partial charge on any atom is -0.326 e. The van der Waals surface area contributed by atoms with Crippen molar-refractivity contribution in [3.8, 4) is 0 Å². The van der Waals surface area contributed by atoms with Crippen LogP contribution >= 0.6 is 15.9 Å². The molecule has 6 heteroatoms. The summed E-state index contributed by atoms with van der Waals surface area (Å²) in [5.74, 6) is -0.151. The Kier molecular flexibility index (Phi) is 4.52. The molecule has 3 rings (SSSR count). The Morgan fingerprint density at radius 2 is 1.87 bits per heavy atom. The zero-order valence-corrected chi connectivity index (χ0v) is 13.8. The van der Waals surface area contributed by atoms with E-state index in [1.165, 1.54) is 0 Å². The molecule has 1 heterocycles. The molecule has 0 atom stereocenters. The number of rotatable bonds is 4. The minimum absolute atomic E-state index is 0.151. The number of anilines is 1. The quantitative estimate of drug-likeness (QED) is 0.738. The van der Waals surface area contributed by atoms with Gasteiger partial charge in [0.15, 0.2) is 0 Å². The first-order chi connectivity index (χ1) is 11.1. The standard InChI is InChI=1S/C17H14BrN3O2/c18-11-5-7-12(8-6-11)19-16(22)10-9-15-17(23)21-14-4-2-1-3-13(14)20-15/h1-8H,9-10H2,(H,19,22)(H,21,23). The highest BCUT2D eigenvalue weighted by Gasteiger charge is 2.08. The molecule has 1 amide bonds. The summed E-state index contributed by atoms with van der Waals surface area (Å²) in [5.41, 5.74) is 2.25. The summed E-state index contributed by atoms with van der Waals surface area (Å²) in [6.07, 6.45) is 0.493. The molecule has 23 heavy (non-hydrogen) atoms. The molecule has 0 aliphatic rings. The average molecular weight is 372 g/mol. The number of amides is 1. The van der Waals surface area contributed by atoms with Crippen molar-refractivity contribution < 1.29 is 4.79 Å². The van der Waals surface area contributed by atoms with E-state index in [9.17, 15) is 9.59 Å². The van der Waals surface area contributed by atoms with Gasteiger partial charge in [0.05, 0.1) is 11.0 Å². The number of benzene rings is 2. The molecule has 2 N–H and O–H groups in total. The number of hydrogen-bond donors (Lipinski definition) is 2. The number of hydrogen-bond acceptors (Lipinski definition) is 3. The van der Waals surface area contributed by atoms with Crippen LogP contribution in [0.2, 0.25) is 0 Å². The maximum Gasteiger partial charge on any atom is 0.270 e. The number of nitrogens with zero attached hydrogens (tertiary/aromatic N) is 1. The topological polar surface area (TPSA) is 74.8 Å². The van der Waals surface area contributed by atoms with E-state index in [-0.39, 0.29) is 17.9 Å². The van der Waals surface area contributed by atoms with Crippen molar-refractivity contribution in [2.45, 2.75) is 12.8 Å². The van der Waals surface area contributed by atoms with Crippen LogP contribution in [0.25, 0.3) is 11.0 Å². The van der Waals surface area contributed by atoms with Gasteiger partial charge in [-0.15, -0.1) is 0 Å². The largest absolute Gasteiger partial charge is 0.326 e. The summed E-state index contributed by atoms with van der Waals surface area (Å²) in [7, 11) is 0. The molecule has 0 saturated heterocycles. The lowest BCUT2D eigenvalue weighted by molar-refractivity contribution is -0.116. The Morgan fingerprint density at radius 3 is 2.65 bits per heavy atom. The number of nitrogens with one attached hydrogen (secondary N) is 2. The van der Waals surface area contributed by atoms with Crippen LogP contribution in [-0.4, -0.2) is 15.9 Å². The van der Waals surface area contributed by atoms with Gasteiger partial charge in [-0.25, -0.2) is 4.98 Å². The number of carbonyl (C=O) groups excluding carboxylic acids is 1. The zero-order chi connectivity index (χ0) is 16.2. The predicted molar refractivity (Wildman–Crippen MR) is 93.5 cm³/mol. The fourth-order valence-corrected chi connectivity index (χ4v) is 2.49. The number of aromatic amines is 1. The monoisotopic (exact) mass is 371 g/mol. The summed E-state index contributed by atoms with van der Waals surface area (Å²) in [6.45, 7) is 0. The molecule has 0 saturated carbocycles. The molecule has 0 radical (unpaired) electrons. The Morgan fingerprint density at radius 1 is 1.13 bits per heavy atom. The summed E-state index contributed by atoms with van der Waals surface area (Å²) < 4.78 is 0.947. The second-order valence-electron chi connectivity index (χ2n) is 5.08. The minimum atomic E-state index is -0.250. The van der Waals surface area contributed by atoms with Crippen molar-refractivity contribution in [2.24, 2.45) is 0 Å². The van der Waals surface area contributed by atoms with Gasteiger partial charge in [0.1, 0.15) is 5.69 Å². The number of H-pyrrole nitrogens is 1. The molecular weight excluding hydrogens is 358 g/mol. The highest BCUT2D eigenvalue weighted by atomic mass is 79.9. The lowest BCUT2D eigenvalue weighted by atomic mass is 10.2. The van der Waals surface area contributed by atoms with E-state index >= 15 is 0 Å². The second-order valence-corrected chi connectivity index (χ2v) is 6.00. The van der Waals surface area contributed by atoms with E-state index in [1.807, 2.05) is 42.5 Å². The Bertz CT molecular complexity index is 904. The molecule has 0 spiro atoms. The number of fused-ring (bicyclic) bond motifs is 1. The molecule has 2 aromatic carbocycles. The van der Waals surface area contributed by atoms with Crippen molar-refractivity contribution in [1.82, 2.24) is 9.97 Å². The molecule has 0 aliphatic heterocycles. The number of carbonyl (C=O) groups is 1. The van der Waals surface area contributed by atoms with Gasteiger partial charge in [0, 0.05) is 23.0 Å². The lowest BCUT2D eigenvalue weighted by Crippen LogP contribution is -2.18. The molecule has 116 valence electrons. The number of halogens is 1. The number of para-hydroxylation sites is 2. The van der Waals surface area contributed by atoms with Crippen molar-refractivity contribution in [3.05, 3.63) is 69.1 Å². The number of aromatic nitrogens is 2. The van der Waals surface area contributed by atoms with Gasteiger partial charge in [-0.3, -0.25) is 9.59 Å². The Labute approximate surface area is 140 Å². The Hall–Kier alpha value is -2.47. The summed E-state index contributed by atoms with van der Waals surface area (Å²) in [6, 6.07) is 14.6. The zero-order valence-electron chi connectivity index (χ0n) is 12.2. The Balaban J connectivity index is 1.68. The van der Waals surface area contributed by atoms with E-state index in [1.54, 1.807) is 6.07 Å². The smallest absolute Gasteiger partial charge is 0.270 e. The van der Waals surface area contributed by atoms with Crippen molar-refractivity contribution in [3.63, 3.8) is 0 Å². The van der Waals surface area contributed by atoms with Crippen LogP contribution in [0.5, 0.6) is 0 Å². The van der Waals surface area contributed by atoms with Gasteiger partial charge in [-0.2, -0.15) is 0 Å². The molecule has 5 nitrogen and oxygen atoms in total. The van der Waals surface area contributed by atoms with Crippen LogP contribution in [0.15, 0.2) is 57.8 Å². The first-order valence-electron chi connectivity index (χ1n) is 7.15. The van der Waals surface area contributed by atoms with Gasteiger partial charge in [0.2, 0.25) is 5.91 Å². The highest BCUT2D eigenvalue weighted by molar-refractivity contribution is 9.10. The molecule has 0 fully saturated rings. The maximum atomic E-state index is 12.0. The molecular formula is C17H14BrN3O2. The molecule has 3 aromatic rings. The highest BCUT2D eigenvalue weighted by Crippen LogP contribution is 2.14. The summed E-state index contributed by atoms with van der Waals surface area (Å²) in [5, 5.41) is 2.80. The third-order valence-electron chi connectivity index (χ3n) is 3.39. The first-order valence-corrected chi connectivity index (χ1v) is 7.94. The van der Waals surface area contributed by atoms with Crippen LogP contribution in [0, 0.1) is 0 Å². The molecule has 0 unspecified atom stereocenters. The van der Waals surface area contributed by atoms with Crippen molar-refractivity contribution in [1.29, 1.82) is 0 Å². The number of aryl methyl sites for hydroxylation is 1. The fourth-order valence-electron chi connectivity index (χ4n) is 2.23. The van der Waals surface area contributed by atoms with Gasteiger partial charge in [-0.05, 0) is 36.4 Å². The predicted octanol–water partition coefficient (Wildman–Crippen LogP) is 3.26. The van der Waals surface area contributed by atoms with E-state index in [0.717, 1.165) is 15.7 Å². The maximum absolute atomic E-state index is 12.0. The van der Waals surface area contributed by atoms with E-state index in [2.05, 4.69) is 31.2 Å². The van der Waals surface area contributed by atoms with Crippen molar-refractivity contribution >= 4 is 38.6 Å². The third kappa shape index (κ3) is 3.84. The fraction of sp³-hybridized carbons (Fsp3) is 0.118. The SMILES string of the molecule is O=C(CCc1nc2ccccc2[nH]c1=O)Nc1ccc(Br)cc1. The van der Waals surface area contributed by atoms with Crippen LogP contribution in [0.4, 0.5) is 5.69 Å². The molecule has 0 bridgehead atoms. The van der Waals surface area contributed by atoms with Gasteiger partial charge in [-0.1, -0.05) is 28.1 Å². The van der Waals surface area contributed by atoms with E-state index < -0.39 is 0 Å². The molecule has 1 aromatic heterocycles. The summed E-state index contributed by atoms with van der Waals surface area (Å²) in [4.78, 5) is 31.1. The summed E-state index contributed by atoms with van der Waals surface area (Å²) >= 11 is 3.34. The second kappa shape index (κ2) is 6.75. The van der Waals surface area contributed by atoms with Crippen LogP contribution in [-0.2, 0) is 11.2 Å². The molecule has 0 aliphatic carbocycles. The van der Waals surface area contributed by atoms with Crippen LogP contribution in [0.3, 0.4) is 0 Å². The van der Waals surface area contributed by atoms with Crippen molar-refractivity contribution in [2.75, 3.05) is 5.32 Å². The van der Waals surface area contributed by atoms with Crippen LogP contribution in [0.1, 0.15) is 12.1 Å². The van der Waals surface area contributed by atoms with Crippen LogP contribution < -0.4 is 10.9 Å². The van der Waals surface area contributed by atoms with E-state index in [4.69, 9.17) is 0 Å². The van der Waals surface area contributed by atoms with Gasteiger partial charge in [0.25, 0.3) is 5.56 Å². The van der Waals surface area contributed by atoms with E-state index in [0.29, 0.717) is 17.6 Å². The lowest BCUT2D eigenvalue weighted by Gasteiger charge is -2.05. The first kappa shape index (κ1) is 15.4. The average Bonchev–Trinajstić information content (AvgIpc) is 2.55. The van der Waals surface area contributed by atoms with Gasteiger partial charge >= 0.3 is 0 Å². The van der Waals surface area contributed by atoms with Gasteiger partial charge < -0.3 is 10.3 Å².